The van der Waals surface area contributed by atoms with Gasteiger partial charge in [0.05, 0.1) is 26.2 Å². The van der Waals surface area contributed by atoms with Gasteiger partial charge in [0.25, 0.3) is 0 Å². The summed E-state index contributed by atoms with van der Waals surface area (Å²) in [6.45, 7) is 0.964. The Hall–Kier alpha value is -3.25. The van der Waals surface area contributed by atoms with E-state index >= 15 is 0 Å². The topological polar surface area (TPSA) is 234 Å². The van der Waals surface area contributed by atoms with Gasteiger partial charge < -0.3 is 69.3 Å². The lowest BCUT2D eigenvalue weighted by molar-refractivity contribution is -0.318. The van der Waals surface area contributed by atoms with Gasteiger partial charge in [-0.2, -0.15) is 0 Å². The van der Waals surface area contributed by atoms with Crippen molar-refractivity contribution in [3.63, 3.8) is 0 Å². The van der Waals surface area contributed by atoms with Crippen LogP contribution in [-0.2, 0) is 14.2 Å². The van der Waals surface area contributed by atoms with Gasteiger partial charge in [-0.1, -0.05) is 6.07 Å². The SMILES string of the molecule is COc1ccc([C@@H]2CC(=O)c3c(O)cc(O[C@H]4O[C@@H](CO[C@@H]5O[C@H](C)[C@@H](O)[C@H](O)[C@@H]5O)[C@H](O)[C@@H](O)[C@@H]4O)cc3O2)cc1O. The molecule has 2 aromatic carbocycles. The maximum absolute atomic E-state index is 12.9. The molecule has 2 fully saturated rings. The number of benzene rings is 2. The van der Waals surface area contributed by atoms with Gasteiger partial charge in [0, 0.05) is 12.1 Å². The minimum atomic E-state index is -1.77. The molecule has 0 unspecified atom stereocenters. The van der Waals surface area contributed by atoms with Crippen LogP contribution in [-0.4, -0.2) is 122 Å². The molecule has 15 heteroatoms. The van der Waals surface area contributed by atoms with E-state index in [9.17, 15) is 45.6 Å². The number of Topliss-reactive ketones (excluding diaryl/α,β-unsaturated/α-hetero) is 1. The van der Waals surface area contributed by atoms with Gasteiger partial charge in [-0.3, -0.25) is 4.79 Å². The standard InChI is InChI=1S/C28H34O15/c1-10-21(32)23(34)25(36)27(40-10)39-9-19-22(33)24(35)26(37)28(43-19)41-12-6-14(30)20-15(31)8-17(42-18(20)7-12)11-3-4-16(38-2)13(29)5-11/h3-7,10,17,19,21-30,32-37H,8-9H2,1-2H3/t10-,17+,19+,21-,22+,23+,24-,25+,26+,27-,28+/m1/s1. The van der Waals surface area contributed by atoms with Gasteiger partial charge in [-0.15, -0.1) is 0 Å². The highest BCUT2D eigenvalue weighted by molar-refractivity contribution is 6.02. The summed E-state index contributed by atoms with van der Waals surface area (Å²) in [5.41, 5.74) is 0.373. The van der Waals surface area contributed by atoms with E-state index in [-0.39, 0.29) is 35.0 Å². The molecule has 0 radical (unpaired) electrons. The molecule has 0 aliphatic carbocycles. The molecule has 5 rings (SSSR count). The largest absolute Gasteiger partial charge is 0.507 e. The van der Waals surface area contributed by atoms with Crippen LogP contribution in [0.15, 0.2) is 30.3 Å². The fourth-order valence-corrected chi connectivity index (χ4v) is 5.20. The Labute approximate surface area is 245 Å². The highest BCUT2D eigenvalue weighted by Crippen LogP contribution is 2.43. The Morgan fingerprint density at radius 1 is 0.837 bits per heavy atom. The summed E-state index contributed by atoms with van der Waals surface area (Å²) in [4.78, 5) is 12.9. The van der Waals surface area contributed by atoms with Crippen molar-refractivity contribution in [1.29, 1.82) is 0 Å². The van der Waals surface area contributed by atoms with Crippen LogP contribution < -0.4 is 14.2 Å². The number of aliphatic hydroxyl groups excluding tert-OH is 6. The number of hydrogen-bond donors (Lipinski definition) is 8. The summed E-state index contributed by atoms with van der Waals surface area (Å²) in [5, 5.41) is 82.2. The van der Waals surface area contributed by atoms with Crippen molar-refractivity contribution >= 4 is 5.78 Å². The monoisotopic (exact) mass is 610 g/mol. The van der Waals surface area contributed by atoms with Crippen molar-refractivity contribution in [2.45, 2.75) is 80.9 Å². The van der Waals surface area contributed by atoms with E-state index in [4.69, 9.17) is 28.4 Å². The lowest BCUT2D eigenvalue weighted by atomic mass is 9.95. The highest BCUT2D eigenvalue weighted by Gasteiger charge is 2.47. The Morgan fingerprint density at radius 3 is 2.23 bits per heavy atom. The van der Waals surface area contributed by atoms with Crippen LogP contribution in [0.2, 0.25) is 0 Å². The molecule has 3 aliphatic heterocycles. The number of phenols is 2. The van der Waals surface area contributed by atoms with Gasteiger partial charge in [0.1, 0.15) is 71.6 Å². The van der Waals surface area contributed by atoms with Gasteiger partial charge in [0.2, 0.25) is 6.29 Å². The second-order valence-corrected chi connectivity index (χ2v) is 10.6. The van der Waals surface area contributed by atoms with Crippen molar-refractivity contribution in [3.8, 4) is 28.7 Å². The van der Waals surface area contributed by atoms with Gasteiger partial charge >= 0.3 is 0 Å². The van der Waals surface area contributed by atoms with E-state index in [1.165, 1.54) is 32.2 Å². The molecular weight excluding hydrogens is 576 g/mol. The number of aliphatic hydroxyl groups is 6. The molecule has 11 atom stereocenters. The maximum Gasteiger partial charge on any atom is 0.229 e. The first-order valence-corrected chi connectivity index (χ1v) is 13.5. The van der Waals surface area contributed by atoms with Crippen LogP contribution in [0.3, 0.4) is 0 Å². The summed E-state index contributed by atoms with van der Waals surface area (Å²) in [5.74, 6) is -0.999. The van der Waals surface area contributed by atoms with Crippen LogP contribution >= 0.6 is 0 Å². The first-order chi connectivity index (χ1) is 20.4. The average molecular weight is 611 g/mol. The molecule has 2 saturated heterocycles. The summed E-state index contributed by atoms with van der Waals surface area (Å²) >= 11 is 0. The number of fused-ring (bicyclic) bond motifs is 1. The second kappa shape index (κ2) is 12.4. The van der Waals surface area contributed by atoms with E-state index in [1.54, 1.807) is 6.07 Å². The predicted molar refractivity (Wildman–Crippen MR) is 141 cm³/mol. The Kier molecular flexibility index (Phi) is 8.99. The fraction of sp³-hybridized carbons (Fsp3) is 0.536. The van der Waals surface area contributed by atoms with E-state index in [0.29, 0.717) is 5.56 Å². The molecule has 3 heterocycles. The highest BCUT2D eigenvalue weighted by atomic mass is 16.7. The third-order valence-electron chi connectivity index (χ3n) is 7.70. The van der Waals surface area contributed by atoms with Gasteiger partial charge in [-0.25, -0.2) is 0 Å². The smallest absolute Gasteiger partial charge is 0.229 e. The molecule has 0 aromatic heterocycles. The molecule has 0 bridgehead atoms. The molecule has 2 aromatic rings. The molecule has 8 N–H and O–H groups in total. The zero-order valence-electron chi connectivity index (χ0n) is 23.1. The zero-order valence-corrected chi connectivity index (χ0v) is 23.1. The normalized spacial score (nSPS) is 36.0. The van der Waals surface area contributed by atoms with Crippen molar-refractivity contribution in [3.05, 3.63) is 41.5 Å². The number of hydrogen-bond acceptors (Lipinski definition) is 15. The van der Waals surface area contributed by atoms with Crippen LogP contribution in [0.4, 0.5) is 0 Å². The number of methoxy groups -OCH3 is 1. The Balaban J connectivity index is 1.30. The number of carbonyl (C=O) groups is 1. The molecular formula is C28H34O15. The molecule has 0 amide bonds. The van der Waals surface area contributed by atoms with Crippen molar-refractivity contribution in [1.82, 2.24) is 0 Å². The Bertz CT molecular complexity index is 1320. The number of ketones is 1. The number of carbonyl (C=O) groups excluding carboxylic acids is 1. The zero-order chi connectivity index (χ0) is 31.2. The van der Waals surface area contributed by atoms with E-state index in [0.717, 1.165) is 6.07 Å². The summed E-state index contributed by atoms with van der Waals surface area (Å²) in [6, 6.07) is 6.90. The first-order valence-electron chi connectivity index (χ1n) is 13.5. The van der Waals surface area contributed by atoms with Crippen molar-refractivity contribution in [2.24, 2.45) is 0 Å². The van der Waals surface area contributed by atoms with E-state index in [2.05, 4.69) is 0 Å². The molecule has 236 valence electrons. The molecule has 43 heavy (non-hydrogen) atoms. The maximum atomic E-state index is 12.9. The van der Waals surface area contributed by atoms with E-state index < -0.39 is 85.7 Å². The lowest BCUT2D eigenvalue weighted by Gasteiger charge is -2.42. The minimum absolute atomic E-state index is 0.0457. The molecule has 15 nitrogen and oxygen atoms in total. The fourth-order valence-electron chi connectivity index (χ4n) is 5.20. The van der Waals surface area contributed by atoms with Crippen molar-refractivity contribution in [2.75, 3.05) is 13.7 Å². The van der Waals surface area contributed by atoms with Crippen LogP contribution in [0, 0.1) is 0 Å². The minimum Gasteiger partial charge on any atom is -0.507 e. The van der Waals surface area contributed by atoms with Crippen molar-refractivity contribution < 1.29 is 74.1 Å². The quantitative estimate of drug-likeness (QED) is 0.185. The van der Waals surface area contributed by atoms with Gasteiger partial charge in [0.15, 0.2) is 23.6 Å². The predicted octanol–water partition coefficient (Wildman–Crippen LogP) is -1.16. The number of phenolic OH excluding ortho intramolecular Hbond substituents is 2. The summed E-state index contributed by atoms with van der Waals surface area (Å²) in [6.07, 6.45) is -15.9. The molecule has 3 aliphatic rings. The number of rotatable bonds is 7. The summed E-state index contributed by atoms with van der Waals surface area (Å²) < 4.78 is 33.1. The van der Waals surface area contributed by atoms with Crippen LogP contribution in [0.25, 0.3) is 0 Å². The second-order valence-electron chi connectivity index (χ2n) is 10.6. The number of ether oxygens (including phenoxy) is 6. The van der Waals surface area contributed by atoms with E-state index in [1.807, 2.05) is 0 Å². The summed E-state index contributed by atoms with van der Waals surface area (Å²) in [7, 11) is 1.39. The lowest BCUT2D eigenvalue weighted by Crippen LogP contribution is -2.61. The third kappa shape index (κ3) is 6.08. The molecule has 0 saturated carbocycles. The molecule has 0 spiro atoms. The van der Waals surface area contributed by atoms with Gasteiger partial charge in [-0.05, 0) is 24.6 Å². The number of aromatic hydroxyl groups is 2. The van der Waals surface area contributed by atoms with Crippen LogP contribution in [0.5, 0.6) is 28.7 Å². The third-order valence-corrected chi connectivity index (χ3v) is 7.70. The van der Waals surface area contributed by atoms with Crippen LogP contribution in [0.1, 0.15) is 35.4 Å². The first kappa shape index (κ1) is 31.2. The Morgan fingerprint density at radius 2 is 1.53 bits per heavy atom. The average Bonchev–Trinajstić information content (AvgIpc) is 2.97.